The molecule has 5 nitrogen and oxygen atoms in total. The Bertz CT molecular complexity index is 1250. The van der Waals surface area contributed by atoms with Gasteiger partial charge in [-0.05, 0) is 73.0 Å². The molecule has 0 saturated carbocycles. The fraction of sp³-hybridized carbons (Fsp3) is 0.280. The van der Waals surface area contributed by atoms with Crippen LogP contribution in [0.3, 0.4) is 0 Å². The molecule has 3 fully saturated rings. The van der Waals surface area contributed by atoms with E-state index in [0.717, 1.165) is 33.4 Å². The lowest BCUT2D eigenvalue weighted by molar-refractivity contribution is 0.0620. The van der Waals surface area contributed by atoms with Crippen LogP contribution in [0.4, 0.5) is 0 Å². The van der Waals surface area contributed by atoms with Crippen LogP contribution in [0, 0.1) is 5.92 Å². The Hall–Kier alpha value is -2.70. The number of aromatic amines is 1. The van der Waals surface area contributed by atoms with Crippen molar-refractivity contribution in [2.75, 3.05) is 19.6 Å². The molecule has 0 radical (unpaired) electrons. The predicted molar refractivity (Wildman–Crippen MR) is 127 cm³/mol. The van der Waals surface area contributed by atoms with Crippen molar-refractivity contribution in [3.05, 3.63) is 64.6 Å². The van der Waals surface area contributed by atoms with Gasteiger partial charge in [-0.25, -0.2) is 4.98 Å². The summed E-state index contributed by atoms with van der Waals surface area (Å²) in [6.07, 6.45) is 2.38. The van der Waals surface area contributed by atoms with E-state index in [0.29, 0.717) is 11.5 Å². The van der Waals surface area contributed by atoms with Gasteiger partial charge < -0.3 is 15.2 Å². The summed E-state index contributed by atoms with van der Waals surface area (Å²) >= 11 is 3.66. The number of aromatic nitrogens is 2. The zero-order valence-corrected chi connectivity index (χ0v) is 18.7. The molecule has 156 valence electrons. The van der Waals surface area contributed by atoms with Crippen LogP contribution < -0.4 is 5.32 Å². The second kappa shape index (κ2) is 7.46. The van der Waals surface area contributed by atoms with Crippen molar-refractivity contribution >= 4 is 43.6 Å². The third-order valence-electron chi connectivity index (χ3n) is 6.81. The second-order valence-electron chi connectivity index (χ2n) is 8.71. The number of amides is 1. The lowest BCUT2D eigenvalue weighted by atomic mass is 9.84. The van der Waals surface area contributed by atoms with E-state index in [1.54, 1.807) is 0 Å². The van der Waals surface area contributed by atoms with E-state index in [1.165, 1.54) is 36.7 Å². The summed E-state index contributed by atoms with van der Waals surface area (Å²) in [6, 6.07) is 18.5. The van der Waals surface area contributed by atoms with Crippen molar-refractivity contribution in [2.45, 2.75) is 18.9 Å². The number of hydrogen-bond acceptors (Lipinski definition) is 3. The number of fused-ring (bicyclic) bond motifs is 5. The van der Waals surface area contributed by atoms with Gasteiger partial charge in [0.1, 0.15) is 5.82 Å². The molecule has 7 rings (SSSR count). The third kappa shape index (κ3) is 3.44. The first-order valence-electron chi connectivity index (χ1n) is 10.9. The first kappa shape index (κ1) is 19.0. The monoisotopic (exact) mass is 474 g/mol. The number of halogens is 1. The zero-order chi connectivity index (χ0) is 20.9. The van der Waals surface area contributed by atoms with Crippen LogP contribution in [0.5, 0.6) is 0 Å². The molecule has 1 amide bonds. The normalized spacial score (nSPS) is 22.8. The van der Waals surface area contributed by atoms with E-state index in [2.05, 4.69) is 55.4 Å². The maximum Gasteiger partial charge on any atom is 0.251 e. The highest BCUT2D eigenvalue weighted by molar-refractivity contribution is 9.10. The quantitative estimate of drug-likeness (QED) is 0.440. The Labute approximate surface area is 189 Å². The van der Waals surface area contributed by atoms with Crippen LogP contribution in [0.15, 0.2) is 59.1 Å². The summed E-state index contributed by atoms with van der Waals surface area (Å²) in [5, 5.41) is 5.63. The maximum absolute atomic E-state index is 12.9. The van der Waals surface area contributed by atoms with Gasteiger partial charge in [-0.3, -0.25) is 4.79 Å². The van der Waals surface area contributed by atoms with Gasteiger partial charge in [0.25, 0.3) is 5.91 Å². The number of carbonyl (C=O) groups excluding carboxylic acids is 1. The lowest BCUT2D eigenvalue weighted by Gasteiger charge is -2.44. The highest BCUT2D eigenvalue weighted by Crippen LogP contribution is 2.31. The molecular weight excluding hydrogens is 452 g/mol. The average molecular weight is 475 g/mol. The molecule has 6 heteroatoms. The predicted octanol–water partition coefficient (Wildman–Crippen LogP) is 4.97. The van der Waals surface area contributed by atoms with Gasteiger partial charge in [0.15, 0.2) is 0 Å². The summed E-state index contributed by atoms with van der Waals surface area (Å²) in [4.78, 5) is 23.6. The molecule has 3 aliphatic heterocycles. The van der Waals surface area contributed by atoms with Crippen LogP contribution in [-0.4, -0.2) is 46.5 Å². The molecule has 31 heavy (non-hydrogen) atoms. The molecule has 4 heterocycles. The number of rotatable bonds is 3. The van der Waals surface area contributed by atoms with Crippen molar-refractivity contribution in [1.82, 2.24) is 20.2 Å². The molecule has 3 saturated heterocycles. The van der Waals surface area contributed by atoms with Gasteiger partial charge in [0.05, 0.1) is 11.0 Å². The average Bonchev–Trinajstić information content (AvgIpc) is 3.20. The molecule has 1 unspecified atom stereocenters. The van der Waals surface area contributed by atoms with Gasteiger partial charge >= 0.3 is 0 Å². The highest BCUT2D eigenvalue weighted by Gasteiger charge is 2.35. The van der Waals surface area contributed by atoms with E-state index < -0.39 is 0 Å². The van der Waals surface area contributed by atoms with Gasteiger partial charge in [0.2, 0.25) is 0 Å². The molecule has 4 aromatic rings. The standard InChI is InChI=1S/C25H23BrN4O/c26-20-11-18(25(31)29-23-14-30-9-7-15(23)8-10-30)5-6-19(20)24-27-21-12-16-3-1-2-4-17(16)13-22(21)28-24/h1-6,11-13,15,23H,7-10,14H2,(H,27,28)(H,29,31). The van der Waals surface area contributed by atoms with Crippen molar-refractivity contribution in [3.8, 4) is 11.4 Å². The Balaban J connectivity index is 1.27. The largest absolute Gasteiger partial charge is 0.348 e. The molecule has 1 aromatic heterocycles. The lowest BCUT2D eigenvalue weighted by Crippen LogP contribution is -2.57. The molecule has 1 atom stereocenters. The molecule has 2 bridgehead atoms. The van der Waals surface area contributed by atoms with E-state index in [-0.39, 0.29) is 11.9 Å². The van der Waals surface area contributed by atoms with Gasteiger partial charge in [0, 0.05) is 28.2 Å². The zero-order valence-electron chi connectivity index (χ0n) is 17.1. The first-order valence-corrected chi connectivity index (χ1v) is 11.6. The van der Waals surface area contributed by atoms with Crippen molar-refractivity contribution < 1.29 is 4.79 Å². The van der Waals surface area contributed by atoms with E-state index >= 15 is 0 Å². The fourth-order valence-corrected chi connectivity index (χ4v) is 5.62. The SMILES string of the molecule is O=C(NC1CN2CCC1CC2)c1ccc(-c2nc3cc4ccccc4cc3[nH]2)c(Br)c1. The highest BCUT2D eigenvalue weighted by atomic mass is 79.9. The number of benzene rings is 3. The van der Waals surface area contributed by atoms with E-state index in [9.17, 15) is 4.79 Å². The van der Waals surface area contributed by atoms with Crippen molar-refractivity contribution in [1.29, 1.82) is 0 Å². The topological polar surface area (TPSA) is 61.0 Å². The summed E-state index contributed by atoms with van der Waals surface area (Å²) in [5.74, 6) is 1.41. The van der Waals surface area contributed by atoms with Crippen LogP contribution in [0.25, 0.3) is 33.2 Å². The minimum atomic E-state index is 0.00172. The number of piperidine rings is 3. The minimum Gasteiger partial charge on any atom is -0.348 e. The van der Waals surface area contributed by atoms with Crippen LogP contribution in [0.1, 0.15) is 23.2 Å². The smallest absolute Gasteiger partial charge is 0.251 e. The van der Waals surface area contributed by atoms with Crippen LogP contribution in [-0.2, 0) is 0 Å². The maximum atomic E-state index is 12.9. The van der Waals surface area contributed by atoms with Gasteiger partial charge in [-0.2, -0.15) is 0 Å². The summed E-state index contributed by atoms with van der Waals surface area (Å²) in [6.45, 7) is 3.32. The van der Waals surface area contributed by atoms with E-state index in [1.807, 2.05) is 30.3 Å². The number of carbonyl (C=O) groups is 1. The first-order chi connectivity index (χ1) is 15.1. The molecule has 2 N–H and O–H groups in total. The van der Waals surface area contributed by atoms with Gasteiger partial charge in [-0.1, -0.05) is 40.2 Å². The number of nitrogens with one attached hydrogen (secondary N) is 2. The Kier molecular flexibility index (Phi) is 4.58. The summed E-state index contributed by atoms with van der Waals surface area (Å²) in [7, 11) is 0. The second-order valence-corrected chi connectivity index (χ2v) is 9.57. The van der Waals surface area contributed by atoms with Gasteiger partial charge in [-0.15, -0.1) is 0 Å². The van der Waals surface area contributed by atoms with Crippen LogP contribution >= 0.6 is 15.9 Å². The Morgan fingerprint density at radius 2 is 1.84 bits per heavy atom. The van der Waals surface area contributed by atoms with Crippen molar-refractivity contribution in [2.24, 2.45) is 5.92 Å². The van der Waals surface area contributed by atoms with Crippen molar-refractivity contribution in [3.63, 3.8) is 0 Å². The Morgan fingerprint density at radius 1 is 1.06 bits per heavy atom. The Morgan fingerprint density at radius 3 is 2.55 bits per heavy atom. The summed E-state index contributed by atoms with van der Waals surface area (Å²) < 4.78 is 0.859. The fourth-order valence-electron chi connectivity index (χ4n) is 5.05. The molecular formula is C25H23BrN4O. The number of imidazole rings is 1. The molecule has 3 aliphatic rings. The van der Waals surface area contributed by atoms with Crippen LogP contribution in [0.2, 0.25) is 0 Å². The molecule has 0 aliphatic carbocycles. The van der Waals surface area contributed by atoms with E-state index in [4.69, 9.17) is 4.98 Å². The number of H-pyrrole nitrogens is 1. The molecule has 0 spiro atoms. The molecule has 3 aromatic carbocycles. The number of nitrogens with zero attached hydrogens (tertiary/aromatic N) is 2. The minimum absolute atomic E-state index is 0.00172. The third-order valence-corrected chi connectivity index (χ3v) is 7.46. The number of hydrogen-bond donors (Lipinski definition) is 2. The summed E-state index contributed by atoms with van der Waals surface area (Å²) in [5.41, 5.74) is 3.56.